The molecule has 0 spiro atoms. The third kappa shape index (κ3) is 4.39. The van der Waals surface area contributed by atoms with Gasteiger partial charge in [-0.15, -0.1) is 19.2 Å². The molecule has 0 heterocycles. The van der Waals surface area contributed by atoms with Gasteiger partial charge in [0.25, 0.3) is 0 Å². The first kappa shape index (κ1) is 9.50. The van der Waals surface area contributed by atoms with Crippen molar-refractivity contribution in [3.05, 3.63) is 35.5 Å². The number of hydrogen-bond acceptors (Lipinski definition) is 1. The van der Waals surface area contributed by atoms with E-state index in [2.05, 4.69) is 19.2 Å². The van der Waals surface area contributed by atoms with E-state index in [9.17, 15) is 4.39 Å². The lowest BCUT2D eigenvalue weighted by molar-refractivity contribution is 0.664. The molecule has 0 amide bonds. The van der Waals surface area contributed by atoms with Crippen LogP contribution in [0.4, 0.5) is 4.39 Å². The van der Waals surface area contributed by atoms with Crippen LogP contribution in [-0.4, -0.2) is 0 Å². The van der Waals surface area contributed by atoms with E-state index in [0.29, 0.717) is 11.3 Å². The van der Waals surface area contributed by atoms with Crippen molar-refractivity contribution in [3.63, 3.8) is 0 Å². The molecule has 0 aromatic heterocycles. The van der Waals surface area contributed by atoms with Crippen molar-refractivity contribution in [2.75, 3.05) is 0 Å². The van der Waals surface area contributed by atoms with E-state index in [1.54, 1.807) is 13.0 Å². The van der Waals surface area contributed by atoms with Crippen LogP contribution in [-0.2, 0) is 0 Å². The van der Waals surface area contributed by atoms with E-state index in [-0.39, 0.29) is 5.83 Å². The van der Waals surface area contributed by atoms with Gasteiger partial charge in [-0.3, -0.25) is 0 Å². The van der Waals surface area contributed by atoms with Crippen LogP contribution < -0.4 is 0 Å². The molecule has 0 rings (SSSR count). The van der Waals surface area contributed by atoms with Gasteiger partial charge >= 0.3 is 0 Å². The number of halogens is 1. The van der Waals surface area contributed by atoms with Gasteiger partial charge in [0.05, 0.1) is 0 Å². The molecule has 0 saturated carbocycles. The quantitative estimate of drug-likeness (QED) is 0.364. The average Bonchev–Trinajstić information content (AvgIpc) is 1.88. The largest absolute Gasteiger partial charge is 0.207 e. The van der Waals surface area contributed by atoms with Crippen LogP contribution in [0.5, 0.6) is 0 Å². The Bertz CT molecular complexity index is 168. The summed E-state index contributed by atoms with van der Waals surface area (Å²) in [7, 11) is 0. The maximum atomic E-state index is 12.4. The minimum Gasteiger partial charge on any atom is -0.207 e. The summed E-state index contributed by atoms with van der Waals surface area (Å²) >= 11 is 4.01. The summed E-state index contributed by atoms with van der Waals surface area (Å²) in [6.07, 6.45) is 5.07. The molecule has 0 radical (unpaired) electrons. The van der Waals surface area contributed by atoms with E-state index in [4.69, 9.17) is 0 Å². The Morgan fingerprint density at radius 2 is 2.30 bits per heavy atom. The van der Waals surface area contributed by atoms with Gasteiger partial charge in [-0.25, -0.2) is 4.39 Å². The first-order chi connectivity index (χ1) is 4.70. The van der Waals surface area contributed by atoms with Crippen molar-refractivity contribution >= 4 is 12.6 Å². The lowest BCUT2D eigenvalue weighted by Gasteiger charge is -1.91. The smallest absolute Gasteiger partial charge is 0.119 e. The Hall–Kier alpha value is -0.500. The van der Waals surface area contributed by atoms with Crippen LogP contribution in [0.25, 0.3) is 0 Å². The maximum Gasteiger partial charge on any atom is 0.119 e. The predicted octanol–water partition coefficient (Wildman–Crippen LogP) is 3.25. The van der Waals surface area contributed by atoms with Crippen molar-refractivity contribution in [2.24, 2.45) is 0 Å². The second-order valence-corrected chi connectivity index (χ2v) is 2.38. The van der Waals surface area contributed by atoms with Gasteiger partial charge in [0.15, 0.2) is 0 Å². The average molecular weight is 158 g/mol. The van der Waals surface area contributed by atoms with E-state index in [1.165, 1.54) is 12.2 Å². The fourth-order valence-corrected chi connectivity index (χ4v) is 0.702. The highest BCUT2D eigenvalue weighted by Gasteiger charge is 1.88. The highest BCUT2D eigenvalue weighted by Crippen LogP contribution is 2.11. The number of allylic oxidation sites excluding steroid dienone is 5. The molecule has 2 heteroatoms. The molecule has 0 aromatic carbocycles. The highest BCUT2D eigenvalue weighted by molar-refractivity contribution is 7.84. The van der Waals surface area contributed by atoms with Gasteiger partial charge in [-0.1, -0.05) is 12.2 Å². The first-order valence-electron chi connectivity index (χ1n) is 3.03. The van der Waals surface area contributed by atoms with Crippen molar-refractivity contribution in [2.45, 2.75) is 13.3 Å². The van der Waals surface area contributed by atoms with Crippen LogP contribution in [0.2, 0.25) is 0 Å². The van der Waals surface area contributed by atoms with E-state index >= 15 is 0 Å². The minimum atomic E-state index is -0.258. The van der Waals surface area contributed by atoms with Gasteiger partial charge in [-0.05, 0) is 24.3 Å². The predicted molar refractivity (Wildman–Crippen MR) is 46.7 cm³/mol. The summed E-state index contributed by atoms with van der Waals surface area (Å²) < 4.78 is 12.4. The molecule has 0 aliphatic rings. The number of thiol groups is 1. The lowest BCUT2D eigenvalue weighted by Crippen LogP contribution is -1.69. The second kappa shape index (κ2) is 5.30. The van der Waals surface area contributed by atoms with Crippen molar-refractivity contribution in [1.82, 2.24) is 0 Å². The standard InChI is InChI=1S/C8H11FS/c1-3-5-8(10)6-7(9)4-2/h3-4,6,10H,1,5H2,2H3/b7-4+,8-6+. The SMILES string of the molecule is C=CC/C(S)=C\C(F)=C/C. The summed E-state index contributed by atoms with van der Waals surface area (Å²) in [4.78, 5) is 0.686. The molecule has 0 fully saturated rings. The summed E-state index contributed by atoms with van der Waals surface area (Å²) in [5.74, 6) is -0.258. The van der Waals surface area contributed by atoms with Crippen LogP contribution in [0, 0.1) is 0 Å². The Morgan fingerprint density at radius 1 is 1.70 bits per heavy atom. The number of rotatable bonds is 3. The fraction of sp³-hybridized carbons (Fsp3) is 0.250. The second-order valence-electron chi connectivity index (χ2n) is 1.80. The first-order valence-corrected chi connectivity index (χ1v) is 3.47. The summed E-state index contributed by atoms with van der Waals surface area (Å²) in [5.41, 5.74) is 0. The van der Waals surface area contributed by atoms with Gasteiger partial charge in [0, 0.05) is 0 Å². The third-order valence-corrected chi connectivity index (χ3v) is 1.25. The molecular formula is C8H11FS. The molecule has 0 aliphatic heterocycles. The van der Waals surface area contributed by atoms with Gasteiger partial charge < -0.3 is 0 Å². The van der Waals surface area contributed by atoms with E-state index < -0.39 is 0 Å². The topological polar surface area (TPSA) is 0 Å². The zero-order chi connectivity index (χ0) is 7.98. The monoisotopic (exact) mass is 158 g/mol. The normalized spacial score (nSPS) is 13.5. The Labute approximate surface area is 66.5 Å². The summed E-state index contributed by atoms with van der Waals surface area (Å²) in [6, 6.07) is 0. The number of hydrogen-bond donors (Lipinski definition) is 1. The highest BCUT2D eigenvalue weighted by atomic mass is 32.1. The molecule has 0 aliphatic carbocycles. The van der Waals surface area contributed by atoms with Crippen molar-refractivity contribution in [3.8, 4) is 0 Å². The zero-order valence-electron chi connectivity index (χ0n) is 5.97. The van der Waals surface area contributed by atoms with Crippen LogP contribution in [0.15, 0.2) is 35.5 Å². The van der Waals surface area contributed by atoms with Gasteiger partial charge in [-0.2, -0.15) is 0 Å². The molecule has 0 nitrogen and oxygen atoms in total. The molecule has 56 valence electrons. The van der Waals surface area contributed by atoms with Crippen LogP contribution >= 0.6 is 12.6 Å². The molecule has 0 saturated heterocycles. The molecule has 0 N–H and O–H groups in total. The Balaban J connectivity index is 4.02. The van der Waals surface area contributed by atoms with Crippen LogP contribution in [0.1, 0.15) is 13.3 Å². The van der Waals surface area contributed by atoms with Crippen molar-refractivity contribution < 1.29 is 4.39 Å². The van der Waals surface area contributed by atoms with Crippen LogP contribution in [0.3, 0.4) is 0 Å². The van der Waals surface area contributed by atoms with E-state index in [1.807, 2.05) is 0 Å². The molecule has 0 aromatic rings. The molecule has 0 unspecified atom stereocenters. The van der Waals surface area contributed by atoms with Crippen molar-refractivity contribution in [1.29, 1.82) is 0 Å². The third-order valence-electron chi connectivity index (χ3n) is 0.934. The Morgan fingerprint density at radius 3 is 2.70 bits per heavy atom. The molecule has 0 atom stereocenters. The Kier molecular flexibility index (Phi) is 5.03. The van der Waals surface area contributed by atoms with Gasteiger partial charge in [0.1, 0.15) is 5.83 Å². The van der Waals surface area contributed by atoms with E-state index in [0.717, 1.165) is 0 Å². The fourth-order valence-electron chi connectivity index (χ4n) is 0.449. The zero-order valence-corrected chi connectivity index (χ0v) is 6.87. The maximum absolute atomic E-state index is 12.4. The molecular weight excluding hydrogens is 147 g/mol. The molecule has 10 heavy (non-hydrogen) atoms. The van der Waals surface area contributed by atoms with Gasteiger partial charge in [0.2, 0.25) is 0 Å². The minimum absolute atomic E-state index is 0.258. The molecule has 0 bridgehead atoms. The lowest BCUT2D eigenvalue weighted by atomic mass is 10.3. The summed E-state index contributed by atoms with van der Waals surface area (Å²) in [6.45, 7) is 5.14. The summed E-state index contributed by atoms with van der Waals surface area (Å²) in [5, 5.41) is 0.